The molecule has 0 spiro atoms. The number of carbonyl (C=O) groups excluding carboxylic acids is 1. The van der Waals surface area contributed by atoms with Crippen LogP contribution < -0.4 is 5.73 Å². The van der Waals surface area contributed by atoms with Crippen LogP contribution in [-0.2, 0) is 0 Å². The Bertz CT molecular complexity index is 543. The fourth-order valence-electron chi connectivity index (χ4n) is 2.87. The average Bonchev–Trinajstić information content (AvgIpc) is 2.46. The molecule has 1 atom stereocenters. The number of aryl methyl sites for hydroxylation is 1. The van der Waals surface area contributed by atoms with Crippen LogP contribution in [0.3, 0.4) is 0 Å². The molecular formula is C15H21N3O3. The second-order valence-electron chi connectivity index (χ2n) is 5.61. The molecule has 1 saturated heterocycles. The van der Waals surface area contributed by atoms with Gasteiger partial charge in [-0.2, -0.15) is 0 Å². The third-order valence-electron chi connectivity index (χ3n) is 3.96. The van der Waals surface area contributed by atoms with Crippen molar-refractivity contribution in [1.82, 2.24) is 4.90 Å². The molecule has 1 aliphatic rings. The van der Waals surface area contributed by atoms with Gasteiger partial charge in [0.2, 0.25) is 0 Å². The molecule has 2 rings (SSSR count). The van der Waals surface area contributed by atoms with Crippen molar-refractivity contribution in [2.24, 2.45) is 11.7 Å². The van der Waals surface area contributed by atoms with Crippen LogP contribution in [0.2, 0.25) is 0 Å². The van der Waals surface area contributed by atoms with Gasteiger partial charge in [0.05, 0.1) is 4.92 Å². The first-order chi connectivity index (χ1) is 10.0. The Hall–Kier alpha value is -1.95. The van der Waals surface area contributed by atoms with Crippen molar-refractivity contribution in [2.45, 2.75) is 26.2 Å². The molecule has 1 aromatic rings. The molecule has 6 heteroatoms. The first kappa shape index (κ1) is 15.4. The van der Waals surface area contributed by atoms with Gasteiger partial charge in [0.25, 0.3) is 11.6 Å². The molecular weight excluding hydrogens is 270 g/mol. The number of nitrogens with zero attached hydrogens (tertiary/aromatic N) is 2. The van der Waals surface area contributed by atoms with E-state index >= 15 is 0 Å². The third-order valence-corrected chi connectivity index (χ3v) is 3.96. The maximum atomic E-state index is 12.6. The molecule has 0 saturated carbocycles. The smallest absolute Gasteiger partial charge is 0.282 e. The van der Waals surface area contributed by atoms with E-state index in [9.17, 15) is 14.9 Å². The zero-order chi connectivity index (χ0) is 15.4. The fraction of sp³-hybridized carbons (Fsp3) is 0.533. The predicted molar refractivity (Wildman–Crippen MR) is 80.1 cm³/mol. The number of carbonyl (C=O) groups is 1. The first-order valence-electron chi connectivity index (χ1n) is 7.27. The van der Waals surface area contributed by atoms with Gasteiger partial charge >= 0.3 is 0 Å². The third kappa shape index (κ3) is 3.58. The van der Waals surface area contributed by atoms with Crippen molar-refractivity contribution in [3.05, 3.63) is 39.4 Å². The van der Waals surface area contributed by atoms with E-state index in [1.165, 1.54) is 6.07 Å². The lowest BCUT2D eigenvalue weighted by Gasteiger charge is -2.32. The number of nitrogens with two attached hydrogens (primary N) is 1. The maximum Gasteiger partial charge on any atom is 0.282 e. The van der Waals surface area contributed by atoms with Crippen LogP contribution in [0.5, 0.6) is 0 Å². The van der Waals surface area contributed by atoms with Gasteiger partial charge in [-0.15, -0.1) is 0 Å². The minimum atomic E-state index is -0.492. The Morgan fingerprint density at radius 2 is 2.29 bits per heavy atom. The molecule has 1 unspecified atom stereocenters. The van der Waals surface area contributed by atoms with Crippen LogP contribution in [0.25, 0.3) is 0 Å². The summed E-state index contributed by atoms with van der Waals surface area (Å²) in [6.45, 7) is 3.73. The van der Waals surface area contributed by atoms with E-state index in [1.54, 1.807) is 17.0 Å². The Morgan fingerprint density at radius 1 is 1.52 bits per heavy atom. The van der Waals surface area contributed by atoms with Gasteiger partial charge in [0.15, 0.2) is 0 Å². The second-order valence-corrected chi connectivity index (χ2v) is 5.61. The van der Waals surface area contributed by atoms with Crippen LogP contribution in [0.15, 0.2) is 18.2 Å². The fourth-order valence-corrected chi connectivity index (χ4v) is 2.87. The monoisotopic (exact) mass is 291 g/mol. The highest BCUT2D eigenvalue weighted by Gasteiger charge is 2.28. The number of hydrogen-bond donors (Lipinski definition) is 1. The number of hydrogen-bond acceptors (Lipinski definition) is 4. The van der Waals surface area contributed by atoms with E-state index in [-0.39, 0.29) is 17.2 Å². The minimum absolute atomic E-state index is 0.119. The number of nitro groups is 1. The van der Waals surface area contributed by atoms with Crippen LogP contribution in [0.1, 0.15) is 35.2 Å². The summed E-state index contributed by atoms with van der Waals surface area (Å²) in [6, 6.07) is 4.67. The zero-order valence-corrected chi connectivity index (χ0v) is 12.2. The lowest BCUT2D eigenvalue weighted by Crippen LogP contribution is -2.40. The van der Waals surface area contributed by atoms with Gasteiger partial charge < -0.3 is 10.6 Å². The molecule has 6 nitrogen and oxygen atoms in total. The van der Waals surface area contributed by atoms with Gasteiger partial charge in [0.1, 0.15) is 5.56 Å². The van der Waals surface area contributed by atoms with Crippen molar-refractivity contribution in [1.29, 1.82) is 0 Å². The molecule has 1 amide bonds. The Balaban J connectivity index is 2.23. The number of nitro benzene ring substituents is 1. The van der Waals surface area contributed by atoms with Crippen molar-refractivity contribution in [3.63, 3.8) is 0 Å². The topological polar surface area (TPSA) is 89.5 Å². The summed E-state index contributed by atoms with van der Waals surface area (Å²) in [5.74, 6) is 0.156. The molecule has 0 aromatic heterocycles. The largest absolute Gasteiger partial charge is 0.338 e. The zero-order valence-electron chi connectivity index (χ0n) is 12.2. The molecule has 1 fully saturated rings. The minimum Gasteiger partial charge on any atom is -0.338 e. The normalized spacial score (nSPS) is 18.6. The molecule has 114 valence electrons. The molecule has 21 heavy (non-hydrogen) atoms. The SMILES string of the molecule is Cc1ccc([N+](=O)[O-])c(C(=O)N2CCCC(CCN)C2)c1. The van der Waals surface area contributed by atoms with Crippen molar-refractivity contribution < 1.29 is 9.72 Å². The quantitative estimate of drug-likeness (QED) is 0.679. The summed E-state index contributed by atoms with van der Waals surface area (Å²) >= 11 is 0. The lowest BCUT2D eigenvalue weighted by molar-refractivity contribution is -0.385. The summed E-state index contributed by atoms with van der Waals surface area (Å²) in [5.41, 5.74) is 6.50. The molecule has 0 bridgehead atoms. The van der Waals surface area contributed by atoms with Crippen LogP contribution >= 0.6 is 0 Å². The van der Waals surface area contributed by atoms with Gasteiger partial charge in [-0.25, -0.2) is 0 Å². The Morgan fingerprint density at radius 3 is 2.95 bits per heavy atom. The number of amides is 1. The molecule has 0 aliphatic carbocycles. The summed E-state index contributed by atoms with van der Waals surface area (Å²) in [7, 11) is 0. The van der Waals surface area contributed by atoms with E-state index < -0.39 is 4.92 Å². The average molecular weight is 291 g/mol. The molecule has 1 heterocycles. The van der Waals surface area contributed by atoms with Crippen molar-refractivity contribution >= 4 is 11.6 Å². The Labute approximate surface area is 124 Å². The van der Waals surface area contributed by atoms with Gasteiger partial charge in [-0.1, -0.05) is 6.07 Å². The summed E-state index contributed by atoms with van der Waals surface area (Å²) < 4.78 is 0. The van der Waals surface area contributed by atoms with Gasteiger partial charge in [0, 0.05) is 19.2 Å². The van der Waals surface area contributed by atoms with Crippen molar-refractivity contribution in [3.8, 4) is 0 Å². The lowest BCUT2D eigenvalue weighted by atomic mass is 9.94. The molecule has 1 aliphatic heterocycles. The number of likely N-dealkylation sites (tertiary alicyclic amines) is 1. The van der Waals surface area contributed by atoms with Crippen LogP contribution in [0.4, 0.5) is 5.69 Å². The van der Waals surface area contributed by atoms with E-state index in [0.29, 0.717) is 25.6 Å². The molecule has 1 aromatic carbocycles. The molecule has 0 radical (unpaired) electrons. The number of piperidine rings is 1. The predicted octanol–water partition coefficient (Wildman–Crippen LogP) is 2.10. The summed E-state index contributed by atoms with van der Waals surface area (Å²) in [4.78, 5) is 25.0. The van der Waals surface area contributed by atoms with Crippen molar-refractivity contribution in [2.75, 3.05) is 19.6 Å². The summed E-state index contributed by atoms with van der Waals surface area (Å²) in [6.07, 6.45) is 2.88. The van der Waals surface area contributed by atoms with Crippen LogP contribution in [-0.4, -0.2) is 35.4 Å². The van der Waals surface area contributed by atoms with E-state index in [0.717, 1.165) is 24.8 Å². The molecule has 2 N–H and O–H groups in total. The highest BCUT2D eigenvalue weighted by molar-refractivity contribution is 5.98. The number of benzene rings is 1. The highest BCUT2D eigenvalue weighted by Crippen LogP contribution is 2.25. The van der Waals surface area contributed by atoms with Gasteiger partial charge in [-0.05, 0) is 50.3 Å². The highest BCUT2D eigenvalue weighted by atomic mass is 16.6. The second kappa shape index (κ2) is 6.67. The van der Waals surface area contributed by atoms with E-state index in [4.69, 9.17) is 5.73 Å². The standard InChI is InChI=1S/C15H21N3O3/c1-11-4-5-14(18(20)21)13(9-11)15(19)17-8-2-3-12(10-17)6-7-16/h4-5,9,12H,2-3,6-8,10,16H2,1H3. The van der Waals surface area contributed by atoms with Gasteiger partial charge in [-0.3, -0.25) is 14.9 Å². The first-order valence-corrected chi connectivity index (χ1v) is 7.27. The Kier molecular flexibility index (Phi) is 4.90. The van der Waals surface area contributed by atoms with E-state index in [2.05, 4.69) is 0 Å². The maximum absolute atomic E-state index is 12.6. The number of rotatable bonds is 4. The summed E-state index contributed by atoms with van der Waals surface area (Å²) in [5, 5.41) is 11.1. The van der Waals surface area contributed by atoms with Crippen LogP contribution in [0, 0.1) is 23.0 Å². The van der Waals surface area contributed by atoms with E-state index in [1.807, 2.05) is 6.92 Å².